The van der Waals surface area contributed by atoms with Crippen LogP contribution in [0.25, 0.3) is 10.2 Å². The number of hydrogen-bond donors (Lipinski definition) is 2. The van der Waals surface area contributed by atoms with Gasteiger partial charge in [0.1, 0.15) is 16.0 Å². The first-order valence-corrected chi connectivity index (χ1v) is 9.41. The molecule has 0 aliphatic heterocycles. The second-order valence-electron chi connectivity index (χ2n) is 5.84. The van der Waals surface area contributed by atoms with Crippen molar-refractivity contribution in [2.24, 2.45) is 0 Å². The van der Waals surface area contributed by atoms with Crippen molar-refractivity contribution in [2.45, 2.75) is 26.7 Å². The minimum Gasteiger partial charge on any atom is -0.462 e. The fourth-order valence-corrected chi connectivity index (χ4v) is 3.69. The standard InChI is InChI=1S/C19H20N4O3S/c1-3-26-19(25)16-12(2)15-17(20-11-21-18(15)27-16)23-22-14(24)10-9-13-7-5-4-6-8-13/h4-8,11H,3,9-10H2,1-2H3,(H,22,24)(H,20,21,23). The van der Waals surface area contributed by atoms with E-state index in [1.807, 2.05) is 37.3 Å². The van der Waals surface area contributed by atoms with E-state index in [0.29, 0.717) is 40.4 Å². The van der Waals surface area contributed by atoms with Crippen molar-refractivity contribution in [3.8, 4) is 0 Å². The van der Waals surface area contributed by atoms with Crippen LogP contribution in [0.2, 0.25) is 0 Å². The van der Waals surface area contributed by atoms with Crippen molar-refractivity contribution < 1.29 is 14.3 Å². The van der Waals surface area contributed by atoms with Crippen LogP contribution in [0.1, 0.15) is 34.1 Å². The van der Waals surface area contributed by atoms with E-state index in [4.69, 9.17) is 4.74 Å². The van der Waals surface area contributed by atoms with Crippen molar-refractivity contribution in [2.75, 3.05) is 12.0 Å². The number of amides is 1. The number of esters is 1. The van der Waals surface area contributed by atoms with Crippen LogP contribution in [0.4, 0.5) is 5.82 Å². The summed E-state index contributed by atoms with van der Waals surface area (Å²) in [5, 5.41) is 0.703. The van der Waals surface area contributed by atoms with Gasteiger partial charge in [0.25, 0.3) is 0 Å². The number of aromatic nitrogens is 2. The van der Waals surface area contributed by atoms with Gasteiger partial charge < -0.3 is 4.74 Å². The monoisotopic (exact) mass is 384 g/mol. The molecule has 0 aliphatic rings. The van der Waals surface area contributed by atoms with Gasteiger partial charge in [-0.25, -0.2) is 14.8 Å². The van der Waals surface area contributed by atoms with Crippen LogP contribution in [-0.2, 0) is 16.0 Å². The molecule has 2 aromatic heterocycles. The van der Waals surface area contributed by atoms with Gasteiger partial charge in [-0.2, -0.15) is 0 Å². The number of ether oxygens (including phenoxy) is 1. The minimum atomic E-state index is -0.379. The lowest BCUT2D eigenvalue weighted by Gasteiger charge is -2.09. The van der Waals surface area contributed by atoms with E-state index in [9.17, 15) is 9.59 Å². The van der Waals surface area contributed by atoms with E-state index in [0.717, 1.165) is 11.1 Å². The lowest BCUT2D eigenvalue weighted by atomic mass is 10.1. The van der Waals surface area contributed by atoms with Gasteiger partial charge in [-0.3, -0.25) is 15.6 Å². The summed E-state index contributed by atoms with van der Waals surface area (Å²) in [4.78, 5) is 33.8. The molecule has 3 aromatic rings. The highest BCUT2D eigenvalue weighted by Gasteiger charge is 2.20. The number of nitrogens with one attached hydrogen (secondary N) is 2. The van der Waals surface area contributed by atoms with E-state index < -0.39 is 0 Å². The highest BCUT2D eigenvalue weighted by molar-refractivity contribution is 7.20. The van der Waals surface area contributed by atoms with E-state index >= 15 is 0 Å². The number of benzene rings is 1. The number of anilines is 1. The number of nitrogens with zero attached hydrogens (tertiary/aromatic N) is 2. The van der Waals surface area contributed by atoms with Crippen molar-refractivity contribution in [1.29, 1.82) is 0 Å². The third-order valence-corrected chi connectivity index (χ3v) is 5.17. The number of carbonyl (C=O) groups is 2. The number of hydrogen-bond acceptors (Lipinski definition) is 7. The fraction of sp³-hybridized carbons (Fsp3) is 0.263. The van der Waals surface area contributed by atoms with Gasteiger partial charge >= 0.3 is 5.97 Å². The highest BCUT2D eigenvalue weighted by Crippen LogP contribution is 2.33. The molecule has 0 bridgehead atoms. The molecule has 140 valence electrons. The zero-order chi connectivity index (χ0) is 19.2. The maximum absolute atomic E-state index is 12.1. The van der Waals surface area contributed by atoms with Gasteiger partial charge in [0.05, 0.1) is 12.0 Å². The molecule has 3 rings (SSSR count). The summed E-state index contributed by atoms with van der Waals surface area (Å²) in [5.41, 5.74) is 7.35. The van der Waals surface area contributed by atoms with E-state index in [1.165, 1.54) is 17.7 Å². The molecule has 0 spiro atoms. The average molecular weight is 384 g/mol. The Morgan fingerprint density at radius 2 is 1.96 bits per heavy atom. The first kappa shape index (κ1) is 18.8. The quantitative estimate of drug-likeness (QED) is 0.480. The van der Waals surface area contributed by atoms with Crippen molar-refractivity contribution in [3.63, 3.8) is 0 Å². The predicted molar refractivity (Wildman–Crippen MR) is 105 cm³/mol. The van der Waals surface area contributed by atoms with Crippen LogP contribution in [0.5, 0.6) is 0 Å². The maximum atomic E-state index is 12.1. The Morgan fingerprint density at radius 1 is 1.19 bits per heavy atom. The van der Waals surface area contributed by atoms with Gasteiger partial charge in [-0.05, 0) is 31.4 Å². The van der Waals surface area contributed by atoms with E-state index in [2.05, 4.69) is 20.8 Å². The summed E-state index contributed by atoms with van der Waals surface area (Å²) in [6, 6.07) is 9.81. The van der Waals surface area contributed by atoms with Gasteiger partial charge in [-0.1, -0.05) is 30.3 Å². The van der Waals surface area contributed by atoms with Crippen molar-refractivity contribution >= 4 is 39.2 Å². The first-order chi connectivity index (χ1) is 13.1. The van der Waals surface area contributed by atoms with Crippen molar-refractivity contribution in [1.82, 2.24) is 15.4 Å². The summed E-state index contributed by atoms with van der Waals surface area (Å²) < 4.78 is 5.08. The summed E-state index contributed by atoms with van der Waals surface area (Å²) >= 11 is 1.25. The Balaban J connectivity index is 1.69. The zero-order valence-electron chi connectivity index (χ0n) is 15.1. The largest absolute Gasteiger partial charge is 0.462 e. The van der Waals surface area contributed by atoms with Crippen LogP contribution in [-0.4, -0.2) is 28.5 Å². The third kappa shape index (κ3) is 4.40. The van der Waals surface area contributed by atoms with Crippen LogP contribution >= 0.6 is 11.3 Å². The molecule has 0 atom stereocenters. The molecule has 0 unspecified atom stereocenters. The summed E-state index contributed by atoms with van der Waals surface area (Å²) in [6.07, 6.45) is 2.39. The number of fused-ring (bicyclic) bond motifs is 1. The second-order valence-corrected chi connectivity index (χ2v) is 6.84. The SMILES string of the molecule is CCOC(=O)c1sc2ncnc(NNC(=O)CCc3ccccc3)c2c1C. The molecule has 2 heterocycles. The molecule has 7 nitrogen and oxygen atoms in total. The Bertz CT molecular complexity index is 956. The van der Waals surface area contributed by atoms with Crippen LogP contribution in [0.3, 0.4) is 0 Å². The number of aryl methyl sites for hydroxylation is 2. The molecule has 0 aliphatic carbocycles. The van der Waals surface area contributed by atoms with E-state index in [1.54, 1.807) is 6.92 Å². The number of thiophene rings is 1. The minimum absolute atomic E-state index is 0.149. The smallest absolute Gasteiger partial charge is 0.348 e. The number of carbonyl (C=O) groups excluding carboxylic acids is 2. The Morgan fingerprint density at radius 3 is 2.70 bits per heavy atom. The molecule has 2 N–H and O–H groups in total. The lowest BCUT2D eigenvalue weighted by Crippen LogP contribution is -2.30. The third-order valence-electron chi connectivity index (χ3n) is 3.99. The molecule has 0 saturated heterocycles. The molecular weight excluding hydrogens is 364 g/mol. The summed E-state index contributed by atoms with van der Waals surface area (Å²) in [7, 11) is 0. The zero-order valence-corrected chi connectivity index (χ0v) is 15.9. The first-order valence-electron chi connectivity index (χ1n) is 8.60. The van der Waals surface area contributed by atoms with Crippen LogP contribution in [0.15, 0.2) is 36.7 Å². The normalized spacial score (nSPS) is 10.6. The second kappa shape index (κ2) is 8.59. The molecule has 1 aromatic carbocycles. The molecule has 0 saturated carbocycles. The van der Waals surface area contributed by atoms with Gasteiger partial charge in [-0.15, -0.1) is 11.3 Å². The maximum Gasteiger partial charge on any atom is 0.348 e. The topological polar surface area (TPSA) is 93.2 Å². The Labute approximate surface area is 160 Å². The Hall–Kier alpha value is -3.00. The van der Waals surface area contributed by atoms with Crippen molar-refractivity contribution in [3.05, 3.63) is 52.7 Å². The number of hydrazine groups is 1. The molecule has 0 fully saturated rings. The molecule has 1 amide bonds. The molecule has 8 heteroatoms. The van der Waals surface area contributed by atoms with Crippen LogP contribution < -0.4 is 10.9 Å². The molecule has 0 radical (unpaired) electrons. The van der Waals surface area contributed by atoms with Crippen LogP contribution in [0, 0.1) is 6.92 Å². The lowest BCUT2D eigenvalue weighted by molar-refractivity contribution is -0.120. The summed E-state index contributed by atoms with van der Waals surface area (Å²) in [5.74, 6) is -0.0719. The van der Waals surface area contributed by atoms with Gasteiger partial charge in [0, 0.05) is 6.42 Å². The van der Waals surface area contributed by atoms with Gasteiger partial charge in [0.15, 0.2) is 5.82 Å². The molecule has 27 heavy (non-hydrogen) atoms. The number of rotatable bonds is 7. The summed E-state index contributed by atoms with van der Waals surface area (Å²) in [6.45, 7) is 3.88. The average Bonchev–Trinajstić information content (AvgIpc) is 3.03. The van der Waals surface area contributed by atoms with Gasteiger partial charge in [0.2, 0.25) is 5.91 Å². The fourth-order valence-electron chi connectivity index (χ4n) is 2.65. The molecular formula is C19H20N4O3S. The predicted octanol–water partition coefficient (Wildman–Crippen LogP) is 3.25. The highest BCUT2D eigenvalue weighted by atomic mass is 32.1. The Kier molecular flexibility index (Phi) is 5.97. The van der Waals surface area contributed by atoms with E-state index in [-0.39, 0.29) is 11.9 Å².